The second kappa shape index (κ2) is 8.93. The van der Waals surface area contributed by atoms with Crippen molar-refractivity contribution in [3.8, 4) is 28.6 Å². The van der Waals surface area contributed by atoms with Crippen LogP contribution >= 0.6 is 0 Å². The molecule has 2 aromatic carbocycles. The highest BCUT2D eigenvalue weighted by Crippen LogP contribution is 2.28. The van der Waals surface area contributed by atoms with Gasteiger partial charge >= 0.3 is 5.69 Å². The molecule has 2 aromatic heterocycles. The zero-order chi connectivity index (χ0) is 22.7. The Morgan fingerprint density at radius 2 is 1.94 bits per heavy atom. The van der Waals surface area contributed by atoms with E-state index in [0.717, 1.165) is 5.69 Å². The maximum Gasteiger partial charge on any atom is 0.330 e. The number of carbonyl (C=O) groups is 1. The Kier molecular flexibility index (Phi) is 5.89. The lowest BCUT2D eigenvalue weighted by Gasteiger charge is -2.08. The summed E-state index contributed by atoms with van der Waals surface area (Å²) in [6, 6.07) is 12.3. The Labute approximate surface area is 183 Å². The van der Waals surface area contributed by atoms with Crippen LogP contribution in [0.5, 0.6) is 11.5 Å². The number of benzene rings is 2. The number of carbonyl (C=O) groups excluding carboxylic acids is 1. The van der Waals surface area contributed by atoms with Crippen LogP contribution in [0.2, 0.25) is 0 Å². The molecule has 4 aromatic rings. The van der Waals surface area contributed by atoms with Gasteiger partial charge in [0.2, 0.25) is 11.7 Å². The summed E-state index contributed by atoms with van der Waals surface area (Å²) in [7, 11) is 3.06. The van der Waals surface area contributed by atoms with Gasteiger partial charge in [0.05, 0.1) is 19.9 Å². The van der Waals surface area contributed by atoms with Crippen LogP contribution in [0.25, 0.3) is 17.1 Å². The zero-order valence-electron chi connectivity index (χ0n) is 17.9. The first-order valence-electron chi connectivity index (χ1n) is 9.96. The highest BCUT2D eigenvalue weighted by molar-refractivity contribution is 5.96. The molecule has 0 bridgehead atoms. The first kappa shape index (κ1) is 21.1. The minimum absolute atomic E-state index is 0.0741. The fraction of sp³-hybridized carbons (Fsp3) is 0.217. The fourth-order valence-electron chi connectivity index (χ4n) is 3.41. The number of imidazole rings is 1. The number of aromatic nitrogens is 4. The van der Waals surface area contributed by atoms with Crippen molar-refractivity contribution in [1.29, 1.82) is 0 Å². The number of hydrogen-bond acceptors (Lipinski definition) is 7. The second-order valence-electron chi connectivity index (χ2n) is 7.13. The molecular weight excluding hydrogens is 412 g/mol. The van der Waals surface area contributed by atoms with Gasteiger partial charge in [-0.15, -0.1) is 0 Å². The molecule has 2 heterocycles. The number of aryl methyl sites for hydroxylation is 2. The van der Waals surface area contributed by atoms with Crippen LogP contribution in [0.1, 0.15) is 28.4 Å². The van der Waals surface area contributed by atoms with Crippen molar-refractivity contribution < 1.29 is 18.8 Å². The van der Waals surface area contributed by atoms with E-state index in [2.05, 4.69) is 15.1 Å². The molecule has 0 aliphatic carbocycles. The van der Waals surface area contributed by atoms with E-state index in [1.807, 2.05) is 31.2 Å². The molecule has 164 valence electrons. The van der Waals surface area contributed by atoms with Crippen molar-refractivity contribution in [1.82, 2.24) is 19.7 Å². The monoisotopic (exact) mass is 434 g/mol. The summed E-state index contributed by atoms with van der Waals surface area (Å²) in [4.78, 5) is 31.7. The molecule has 0 amide bonds. The summed E-state index contributed by atoms with van der Waals surface area (Å²) in [6.07, 6.45) is 2.15. The molecule has 9 heteroatoms. The van der Waals surface area contributed by atoms with E-state index < -0.39 is 0 Å². The van der Waals surface area contributed by atoms with Gasteiger partial charge in [-0.25, -0.2) is 4.79 Å². The van der Waals surface area contributed by atoms with E-state index in [1.165, 1.54) is 7.11 Å². The number of ketones is 1. The lowest BCUT2D eigenvalue weighted by atomic mass is 10.1. The van der Waals surface area contributed by atoms with Gasteiger partial charge in [0, 0.05) is 35.9 Å². The number of rotatable bonds is 8. The molecular formula is C23H22N4O5. The van der Waals surface area contributed by atoms with Crippen LogP contribution in [0, 0.1) is 6.92 Å². The van der Waals surface area contributed by atoms with E-state index >= 15 is 0 Å². The molecule has 4 rings (SSSR count). The van der Waals surface area contributed by atoms with E-state index in [1.54, 1.807) is 36.1 Å². The minimum Gasteiger partial charge on any atom is -0.493 e. The maximum absolute atomic E-state index is 12.6. The number of Topliss-reactive ketones (excluding diaryl/α,β-unsaturated/α-hetero) is 1. The summed E-state index contributed by atoms with van der Waals surface area (Å²) < 4.78 is 17.3. The van der Waals surface area contributed by atoms with Gasteiger partial charge in [0.15, 0.2) is 17.3 Å². The van der Waals surface area contributed by atoms with Crippen LogP contribution in [0.15, 0.2) is 58.0 Å². The van der Waals surface area contributed by atoms with Gasteiger partial charge in [-0.2, -0.15) is 4.98 Å². The average Bonchev–Trinajstić information content (AvgIpc) is 3.43. The lowest BCUT2D eigenvalue weighted by Crippen LogP contribution is -2.15. The van der Waals surface area contributed by atoms with Crippen molar-refractivity contribution in [2.75, 3.05) is 14.2 Å². The van der Waals surface area contributed by atoms with Gasteiger partial charge in [-0.3, -0.25) is 9.36 Å². The summed E-state index contributed by atoms with van der Waals surface area (Å²) in [5.41, 5.74) is 2.48. The van der Waals surface area contributed by atoms with E-state index in [0.29, 0.717) is 46.4 Å². The van der Waals surface area contributed by atoms with E-state index in [9.17, 15) is 9.59 Å². The third kappa shape index (κ3) is 4.18. The number of nitrogens with zero attached hydrogens (tertiary/aromatic N) is 3. The molecule has 32 heavy (non-hydrogen) atoms. The Balaban J connectivity index is 1.48. The molecule has 0 unspecified atom stereocenters. The Morgan fingerprint density at radius 3 is 2.66 bits per heavy atom. The molecule has 0 fully saturated rings. The Morgan fingerprint density at radius 1 is 1.12 bits per heavy atom. The Bertz CT molecular complexity index is 1320. The largest absolute Gasteiger partial charge is 0.493 e. The third-order valence-corrected chi connectivity index (χ3v) is 5.06. The van der Waals surface area contributed by atoms with E-state index in [4.69, 9.17) is 14.0 Å². The average molecular weight is 434 g/mol. The van der Waals surface area contributed by atoms with Crippen LogP contribution in [-0.2, 0) is 6.42 Å². The molecule has 9 nitrogen and oxygen atoms in total. The molecule has 0 radical (unpaired) electrons. The summed E-state index contributed by atoms with van der Waals surface area (Å²) >= 11 is 0. The summed E-state index contributed by atoms with van der Waals surface area (Å²) in [6.45, 7) is 1.84. The molecule has 0 spiro atoms. The standard InChI is InChI=1S/C23H22N4O5/c1-14-13-24-23(29)27(14)17-6-4-5-16(11-17)22-25-21(32-26-22)10-8-18(28)15-7-9-19(30-2)20(12-15)31-3/h4-7,9,11-13H,8,10H2,1-3H3,(H,24,29). The molecule has 0 aliphatic rings. The SMILES string of the molecule is COc1ccc(C(=O)CCc2nc(-c3cccc(-n4c(C)c[nH]c4=O)c3)no2)cc1OC. The highest BCUT2D eigenvalue weighted by atomic mass is 16.5. The van der Waals surface area contributed by atoms with Crippen LogP contribution in [-0.4, -0.2) is 39.7 Å². The van der Waals surface area contributed by atoms with E-state index in [-0.39, 0.29) is 17.9 Å². The topological polar surface area (TPSA) is 112 Å². The number of nitrogens with one attached hydrogen (secondary N) is 1. The fourth-order valence-corrected chi connectivity index (χ4v) is 3.41. The number of H-pyrrole nitrogens is 1. The minimum atomic E-state index is -0.220. The first-order valence-corrected chi connectivity index (χ1v) is 9.96. The van der Waals surface area contributed by atoms with Crippen molar-refractivity contribution in [3.05, 3.63) is 76.3 Å². The lowest BCUT2D eigenvalue weighted by molar-refractivity contribution is 0.0979. The highest BCUT2D eigenvalue weighted by Gasteiger charge is 2.15. The third-order valence-electron chi connectivity index (χ3n) is 5.06. The smallest absolute Gasteiger partial charge is 0.330 e. The first-order chi connectivity index (χ1) is 15.5. The molecule has 0 aliphatic heterocycles. The van der Waals surface area contributed by atoms with Gasteiger partial charge in [0.1, 0.15) is 0 Å². The van der Waals surface area contributed by atoms with Crippen molar-refractivity contribution >= 4 is 5.78 Å². The number of aromatic amines is 1. The van der Waals surface area contributed by atoms with Gasteiger partial charge in [-0.05, 0) is 37.3 Å². The summed E-state index contributed by atoms with van der Waals surface area (Å²) in [5.74, 6) is 1.73. The van der Waals surface area contributed by atoms with Crippen molar-refractivity contribution in [2.45, 2.75) is 19.8 Å². The number of ether oxygens (including phenoxy) is 2. The Hall–Kier alpha value is -4.14. The number of hydrogen-bond donors (Lipinski definition) is 1. The van der Waals surface area contributed by atoms with Crippen LogP contribution in [0.4, 0.5) is 0 Å². The van der Waals surface area contributed by atoms with Crippen molar-refractivity contribution in [3.63, 3.8) is 0 Å². The predicted octanol–water partition coefficient (Wildman–Crippen LogP) is 3.36. The molecule has 0 atom stereocenters. The van der Waals surface area contributed by atoms with Crippen LogP contribution < -0.4 is 15.2 Å². The quantitative estimate of drug-likeness (QED) is 0.423. The second-order valence-corrected chi connectivity index (χ2v) is 7.13. The van der Waals surface area contributed by atoms with Crippen molar-refractivity contribution in [2.24, 2.45) is 0 Å². The van der Waals surface area contributed by atoms with Gasteiger partial charge in [-0.1, -0.05) is 17.3 Å². The molecule has 0 saturated heterocycles. The maximum atomic E-state index is 12.6. The van der Waals surface area contributed by atoms with Crippen LogP contribution in [0.3, 0.4) is 0 Å². The molecule has 0 saturated carbocycles. The number of methoxy groups -OCH3 is 2. The summed E-state index contributed by atoms with van der Waals surface area (Å²) in [5, 5.41) is 4.03. The predicted molar refractivity (Wildman–Crippen MR) is 117 cm³/mol. The zero-order valence-corrected chi connectivity index (χ0v) is 17.9. The van der Waals surface area contributed by atoms with Gasteiger partial charge in [0.25, 0.3) is 0 Å². The normalized spacial score (nSPS) is 10.8. The molecule has 1 N–H and O–H groups in total. The van der Waals surface area contributed by atoms with Gasteiger partial charge < -0.3 is 19.0 Å².